The molecule has 1 N–H and O–H groups in total. The Balaban J connectivity index is 1.61. The zero-order valence-corrected chi connectivity index (χ0v) is 16.7. The molecule has 3 rings (SSSR count). The summed E-state index contributed by atoms with van der Waals surface area (Å²) in [5.41, 5.74) is 0.00661. The highest BCUT2D eigenvalue weighted by Crippen LogP contribution is 2.31. The number of benzene rings is 2. The fourth-order valence-electron chi connectivity index (χ4n) is 3.49. The molecule has 0 spiro atoms. The molecule has 0 radical (unpaired) electrons. The average molecular weight is 448 g/mol. The van der Waals surface area contributed by atoms with Gasteiger partial charge >= 0.3 is 11.9 Å². The smallest absolute Gasteiger partial charge is 0.381 e. The number of nitrogens with zero attached hydrogens (tertiary/aromatic N) is 1. The first-order valence-electron chi connectivity index (χ1n) is 9.33. The molecule has 0 aliphatic carbocycles. The van der Waals surface area contributed by atoms with Gasteiger partial charge in [0.15, 0.2) is 0 Å². The van der Waals surface area contributed by atoms with Crippen LogP contribution in [-0.2, 0) is 22.6 Å². The van der Waals surface area contributed by atoms with Crippen LogP contribution >= 0.6 is 0 Å². The summed E-state index contributed by atoms with van der Waals surface area (Å²) >= 11 is 0. The third-order valence-corrected chi connectivity index (χ3v) is 6.47. The van der Waals surface area contributed by atoms with Gasteiger partial charge < -0.3 is 5.32 Å². The molecule has 1 heterocycles. The summed E-state index contributed by atoms with van der Waals surface area (Å²) in [6.07, 6.45) is -3.19. The molecule has 0 aromatic heterocycles. The molecule has 164 valence electrons. The summed E-state index contributed by atoms with van der Waals surface area (Å²) in [6, 6.07) is 10.6. The lowest BCUT2D eigenvalue weighted by Gasteiger charge is -2.33. The first kappa shape index (κ1) is 22.5. The summed E-state index contributed by atoms with van der Waals surface area (Å²) in [7, 11) is -4.72. The van der Waals surface area contributed by atoms with Gasteiger partial charge in [-0.2, -0.15) is 22.0 Å². The van der Waals surface area contributed by atoms with Crippen molar-refractivity contribution in [1.29, 1.82) is 0 Å². The Morgan fingerprint density at radius 1 is 1.03 bits per heavy atom. The van der Waals surface area contributed by atoms with E-state index in [1.807, 2.05) is 4.90 Å². The molecule has 0 bridgehead atoms. The number of hydrogen-bond acceptors (Lipinski definition) is 4. The van der Waals surface area contributed by atoms with Gasteiger partial charge in [0, 0.05) is 25.7 Å². The minimum Gasteiger partial charge on any atom is -0.381 e. The highest BCUT2D eigenvalue weighted by Gasteiger charge is 2.31. The molecule has 30 heavy (non-hydrogen) atoms. The molecule has 0 atom stereocenters. The van der Waals surface area contributed by atoms with Crippen LogP contribution in [0.4, 0.5) is 27.6 Å². The van der Waals surface area contributed by atoms with E-state index in [2.05, 4.69) is 5.32 Å². The highest BCUT2D eigenvalue weighted by molar-refractivity contribution is 7.91. The second-order valence-electron chi connectivity index (χ2n) is 7.19. The van der Waals surface area contributed by atoms with Gasteiger partial charge in [0.2, 0.25) is 9.84 Å². The second-order valence-corrected chi connectivity index (χ2v) is 9.08. The van der Waals surface area contributed by atoms with Crippen molar-refractivity contribution in [1.82, 2.24) is 4.90 Å². The van der Waals surface area contributed by atoms with Crippen molar-refractivity contribution in [2.24, 2.45) is 0 Å². The minimum absolute atomic E-state index is 0.128. The van der Waals surface area contributed by atoms with Crippen LogP contribution in [0.1, 0.15) is 24.0 Å². The van der Waals surface area contributed by atoms with Gasteiger partial charge in [-0.25, -0.2) is 8.42 Å². The number of para-hydroxylation sites is 1. The Kier molecular flexibility index (Phi) is 6.66. The summed E-state index contributed by atoms with van der Waals surface area (Å²) in [5, 5.41) is 3.04. The lowest BCUT2D eigenvalue weighted by Crippen LogP contribution is -2.39. The van der Waals surface area contributed by atoms with Crippen molar-refractivity contribution in [2.75, 3.05) is 18.4 Å². The second kappa shape index (κ2) is 8.89. The number of sulfone groups is 1. The van der Waals surface area contributed by atoms with E-state index in [1.54, 1.807) is 12.1 Å². The Labute approximate surface area is 171 Å². The van der Waals surface area contributed by atoms with Gasteiger partial charge in [0.25, 0.3) is 0 Å². The average Bonchev–Trinajstić information content (AvgIpc) is 2.69. The first-order chi connectivity index (χ1) is 14.1. The molecule has 1 saturated heterocycles. The summed E-state index contributed by atoms with van der Waals surface area (Å²) in [4.78, 5) is 1.57. The number of halogens is 5. The van der Waals surface area contributed by atoms with Crippen LogP contribution in [-0.4, -0.2) is 38.2 Å². The van der Waals surface area contributed by atoms with Crippen LogP contribution < -0.4 is 5.32 Å². The Morgan fingerprint density at radius 2 is 1.70 bits per heavy atom. The molecular weight excluding hydrogens is 427 g/mol. The van der Waals surface area contributed by atoms with Crippen LogP contribution in [0.15, 0.2) is 53.4 Å². The maximum Gasteiger partial charge on any atom is 0.416 e. The van der Waals surface area contributed by atoms with Crippen LogP contribution in [0.2, 0.25) is 0 Å². The summed E-state index contributed by atoms with van der Waals surface area (Å²) < 4.78 is 88.2. The maximum absolute atomic E-state index is 12.9. The van der Waals surface area contributed by atoms with Crippen molar-refractivity contribution in [3.05, 3.63) is 59.7 Å². The SMILES string of the molecule is O=S(=O)(c1ccccc1NC1CCN(Cc2cccc(C(F)(F)F)c2)CC1)C(F)F. The predicted octanol–water partition coefficient (Wildman–Crippen LogP) is 4.78. The van der Waals surface area contributed by atoms with Crippen LogP contribution in [0.5, 0.6) is 0 Å². The third-order valence-electron chi connectivity index (χ3n) is 5.04. The molecule has 10 heteroatoms. The van der Waals surface area contributed by atoms with Gasteiger partial charge in [-0.15, -0.1) is 0 Å². The fourth-order valence-corrected chi connectivity index (χ4v) is 4.38. The number of alkyl halides is 5. The number of rotatable bonds is 6. The van der Waals surface area contributed by atoms with E-state index in [0.29, 0.717) is 38.0 Å². The van der Waals surface area contributed by atoms with Gasteiger partial charge in [-0.3, -0.25) is 4.90 Å². The van der Waals surface area contributed by atoms with Gasteiger partial charge in [0.1, 0.15) is 0 Å². The van der Waals surface area contributed by atoms with E-state index in [9.17, 15) is 30.4 Å². The summed E-state index contributed by atoms with van der Waals surface area (Å²) in [6.45, 7) is 1.53. The molecule has 0 unspecified atom stereocenters. The van der Waals surface area contributed by atoms with E-state index in [0.717, 1.165) is 18.2 Å². The van der Waals surface area contributed by atoms with Crippen molar-refractivity contribution in [3.63, 3.8) is 0 Å². The minimum atomic E-state index is -4.72. The zero-order valence-electron chi connectivity index (χ0n) is 15.9. The normalized spacial score (nSPS) is 16.7. The number of nitrogens with one attached hydrogen (secondary N) is 1. The van der Waals surface area contributed by atoms with Crippen molar-refractivity contribution in [3.8, 4) is 0 Å². The third kappa shape index (κ3) is 5.28. The molecule has 1 aliphatic rings. The van der Waals surface area contributed by atoms with Crippen LogP contribution in [0, 0.1) is 0 Å². The number of likely N-dealkylation sites (tertiary alicyclic amines) is 1. The van der Waals surface area contributed by atoms with Crippen molar-refractivity contribution in [2.45, 2.75) is 42.3 Å². The predicted molar refractivity (Wildman–Crippen MR) is 103 cm³/mol. The largest absolute Gasteiger partial charge is 0.416 e. The van der Waals surface area contributed by atoms with Crippen LogP contribution in [0.3, 0.4) is 0 Å². The first-order valence-corrected chi connectivity index (χ1v) is 10.9. The Bertz CT molecular complexity index is 971. The standard InChI is InChI=1S/C20H21F5N2O2S/c21-19(22)30(28,29)18-7-2-1-6-17(18)26-16-8-10-27(11-9-16)13-14-4-3-5-15(12-14)20(23,24)25/h1-7,12,16,19,26H,8-11,13H2. The summed E-state index contributed by atoms with van der Waals surface area (Å²) in [5.74, 6) is -3.50. The number of hydrogen-bond donors (Lipinski definition) is 1. The monoisotopic (exact) mass is 448 g/mol. The zero-order chi connectivity index (χ0) is 21.9. The topological polar surface area (TPSA) is 49.4 Å². The van der Waals surface area contributed by atoms with E-state index in [4.69, 9.17) is 0 Å². The quantitative estimate of drug-likeness (QED) is 0.647. The molecule has 0 amide bonds. The molecular formula is C20H21F5N2O2S. The maximum atomic E-state index is 12.9. The Hall–Kier alpha value is -2.20. The molecule has 2 aromatic carbocycles. The lowest BCUT2D eigenvalue weighted by molar-refractivity contribution is -0.137. The van der Waals surface area contributed by atoms with Crippen LogP contribution in [0.25, 0.3) is 0 Å². The molecule has 0 saturated carbocycles. The van der Waals surface area contributed by atoms with E-state index in [1.165, 1.54) is 18.2 Å². The lowest BCUT2D eigenvalue weighted by atomic mass is 10.0. The molecule has 1 aliphatic heterocycles. The van der Waals surface area contributed by atoms with Gasteiger partial charge in [-0.1, -0.05) is 30.3 Å². The van der Waals surface area contributed by atoms with E-state index < -0.39 is 32.2 Å². The van der Waals surface area contributed by atoms with E-state index >= 15 is 0 Å². The van der Waals surface area contributed by atoms with Gasteiger partial charge in [0.05, 0.1) is 16.1 Å². The Morgan fingerprint density at radius 3 is 2.33 bits per heavy atom. The molecule has 1 fully saturated rings. The number of piperidine rings is 1. The fraction of sp³-hybridized carbons (Fsp3) is 0.400. The van der Waals surface area contributed by atoms with Crippen molar-refractivity contribution < 1.29 is 30.4 Å². The van der Waals surface area contributed by atoms with Gasteiger partial charge in [-0.05, 0) is 36.6 Å². The molecule has 2 aromatic rings. The van der Waals surface area contributed by atoms with Crippen molar-refractivity contribution >= 4 is 15.5 Å². The molecule has 4 nitrogen and oxygen atoms in total. The number of anilines is 1. The van der Waals surface area contributed by atoms with E-state index in [-0.39, 0.29) is 11.7 Å². The highest BCUT2D eigenvalue weighted by atomic mass is 32.2.